The Morgan fingerprint density at radius 2 is 2.27 bits per heavy atom. The van der Waals surface area contributed by atoms with Gasteiger partial charge in [-0.1, -0.05) is 0 Å². The Morgan fingerprint density at radius 3 is 2.87 bits per heavy atom. The van der Waals surface area contributed by atoms with Crippen LogP contribution in [0, 0.1) is 5.92 Å². The van der Waals surface area contributed by atoms with Crippen LogP contribution in [-0.2, 0) is 4.79 Å². The van der Waals surface area contributed by atoms with Gasteiger partial charge in [-0.3, -0.25) is 4.79 Å². The lowest BCUT2D eigenvalue weighted by atomic mass is 10.1. The molecule has 0 aromatic rings. The van der Waals surface area contributed by atoms with Crippen molar-refractivity contribution in [3.05, 3.63) is 0 Å². The van der Waals surface area contributed by atoms with E-state index < -0.39 is 5.97 Å². The molecule has 0 aromatic heterocycles. The minimum atomic E-state index is -0.802. The number of nitrogens with zero attached hydrogens (tertiary/aromatic N) is 1. The molecule has 4 N–H and O–H groups in total. The van der Waals surface area contributed by atoms with Crippen molar-refractivity contribution in [3.63, 3.8) is 0 Å². The smallest absolute Gasteiger partial charge is 0.317 e. The van der Waals surface area contributed by atoms with Gasteiger partial charge in [-0.25, -0.2) is 4.79 Å². The molecule has 0 aliphatic carbocycles. The van der Waals surface area contributed by atoms with E-state index in [0.29, 0.717) is 26.2 Å². The molecule has 2 amide bonds. The molecular weight excluding hydrogens is 198 g/mol. The first-order valence-electron chi connectivity index (χ1n) is 5.08. The number of rotatable bonds is 4. The minimum Gasteiger partial charge on any atom is -0.481 e. The maximum atomic E-state index is 11.4. The molecule has 1 heterocycles. The van der Waals surface area contributed by atoms with E-state index in [2.05, 4.69) is 5.32 Å². The number of carboxylic acids is 1. The van der Waals surface area contributed by atoms with Crippen molar-refractivity contribution in [1.29, 1.82) is 0 Å². The zero-order valence-corrected chi connectivity index (χ0v) is 8.61. The van der Waals surface area contributed by atoms with Crippen molar-refractivity contribution in [2.75, 3.05) is 26.2 Å². The van der Waals surface area contributed by atoms with E-state index in [-0.39, 0.29) is 18.4 Å². The molecule has 1 aliphatic heterocycles. The van der Waals surface area contributed by atoms with Gasteiger partial charge in [0.05, 0.1) is 0 Å². The number of carbonyl (C=O) groups is 2. The number of carboxylic acid groups (broad SMARTS) is 1. The standard InChI is InChI=1S/C9H17N3O3/c10-2-3-11-9(15)12-4-1-7(6-12)5-8(13)14/h7H,1-6,10H2,(H,11,15)(H,13,14). The van der Waals surface area contributed by atoms with Gasteiger partial charge in [-0.2, -0.15) is 0 Å². The lowest BCUT2D eigenvalue weighted by molar-refractivity contribution is -0.138. The van der Waals surface area contributed by atoms with Crippen LogP contribution < -0.4 is 11.1 Å². The number of nitrogens with one attached hydrogen (secondary N) is 1. The molecule has 1 aliphatic rings. The highest BCUT2D eigenvalue weighted by Crippen LogP contribution is 2.19. The predicted octanol–water partition coefficient (Wildman–Crippen LogP) is -0.549. The molecule has 86 valence electrons. The van der Waals surface area contributed by atoms with E-state index >= 15 is 0 Å². The second kappa shape index (κ2) is 5.55. The van der Waals surface area contributed by atoms with Crippen molar-refractivity contribution in [2.24, 2.45) is 11.7 Å². The van der Waals surface area contributed by atoms with Gasteiger partial charge in [0.2, 0.25) is 0 Å². The first-order valence-corrected chi connectivity index (χ1v) is 5.08. The van der Waals surface area contributed by atoms with Crippen LogP contribution in [0.5, 0.6) is 0 Å². The fraction of sp³-hybridized carbons (Fsp3) is 0.778. The van der Waals surface area contributed by atoms with Gasteiger partial charge in [-0.05, 0) is 12.3 Å². The number of amides is 2. The average Bonchev–Trinajstić information content (AvgIpc) is 2.61. The molecule has 1 atom stereocenters. The lowest BCUT2D eigenvalue weighted by Crippen LogP contribution is -2.40. The average molecular weight is 215 g/mol. The summed E-state index contributed by atoms with van der Waals surface area (Å²) in [4.78, 5) is 23.6. The summed E-state index contributed by atoms with van der Waals surface area (Å²) in [5.41, 5.74) is 5.26. The summed E-state index contributed by atoms with van der Waals surface area (Å²) in [5.74, 6) is -0.713. The Kier molecular flexibility index (Phi) is 4.36. The summed E-state index contributed by atoms with van der Waals surface area (Å²) < 4.78 is 0. The number of hydrogen-bond donors (Lipinski definition) is 3. The third-order valence-corrected chi connectivity index (χ3v) is 2.46. The summed E-state index contributed by atoms with van der Waals surface area (Å²) in [7, 11) is 0. The van der Waals surface area contributed by atoms with Gasteiger partial charge in [0.15, 0.2) is 0 Å². The number of carbonyl (C=O) groups excluding carboxylic acids is 1. The molecule has 0 spiro atoms. The molecule has 1 saturated heterocycles. The first-order chi connectivity index (χ1) is 7.13. The molecule has 0 radical (unpaired) electrons. The van der Waals surface area contributed by atoms with Crippen LogP contribution in [0.3, 0.4) is 0 Å². The molecule has 1 fully saturated rings. The fourth-order valence-electron chi connectivity index (χ4n) is 1.72. The molecule has 1 rings (SSSR count). The molecule has 6 heteroatoms. The number of likely N-dealkylation sites (tertiary alicyclic amines) is 1. The second-order valence-corrected chi connectivity index (χ2v) is 3.72. The van der Waals surface area contributed by atoms with Crippen LogP contribution in [0.25, 0.3) is 0 Å². The molecule has 15 heavy (non-hydrogen) atoms. The van der Waals surface area contributed by atoms with E-state index in [1.165, 1.54) is 0 Å². The van der Waals surface area contributed by atoms with E-state index in [0.717, 1.165) is 6.42 Å². The molecule has 6 nitrogen and oxygen atoms in total. The third-order valence-electron chi connectivity index (χ3n) is 2.46. The molecular formula is C9H17N3O3. The Hall–Kier alpha value is -1.30. The van der Waals surface area contributed by atoms with Crippen molar-refractivity contribution < 1.29 is 14.7 Å². The first kappa shape index (κ1) is 11.8. The Balaban J connectivity index is 2.29. The molecule has 0 aromatic carbocycles. The van der Waals surface area contributed by atoms with E-state index in [1.54, 1.807) is 4.90 Å². The minimum absolute atomic E-state index is 0.0890. The van der Waals surface area contributed by atoms with Crippen LogP contribution in [0.1, 0.15) is 12.8 Å². The third kappa shape index (κ3) is 3.75. The monoisotopic (exact) mass is 215 g/mol. The number of urea groups is 1. The normalized spacial score (nSPS) is 20.3. The Morgan fingerprint density at radius 1 is 1.53 bits per heavy atom. The molecule has 1 unspecified atom stereocenters. The fourth-order valence-corrected chi connectivity index (χ4v) is 1.72. The summed E-state index contributed by atoms with van der Waals surface area (Å²) in [6, 6.07) is -0.145. The summed E-state index contributed by atoms with van der Waals surface area (Å²) in [6.45, 7) is 2.04. The number of aliphatic carboxylic acids is 1. The van der Waals surface area contributed by atoms with Gasteiger partial charge >= 0.3 is 12.0 Å². The van der Waals surface area contributed by atoms with Crippen LogP contribution in [0.4, 0.5) is 4.79 Å². The summed E-state index contributed by atoms with van der Waals surface area (Å²) in [6.07, 6.45) is 0.906. The highest BCUT2D eigenvalue weighted by atomic mass is 16.4. The highest BCUT2D eigenvalue weighted by molar-refractivity contribution is 5.74. The molecule has 0 saturated carbocycles. The zero-order valence-electron chi connectivity index (χ0n) is 8.61. The lowest BCUT2D eigenvalue weighted by Gasteiger charge is -2.16. The van der Waals surface area contributed by atoms with E-state index in [9.17, 15) is 9.59 Å². The van der Waals surface area contributed by atoms with E-state index in [4.69, 9.17) is 10.8 Å². The maximum Gasteiger partial charge on any atom is 0.317 e. The highest BCUT2D eigenvalue weighted by Gasteiger charge is 2.27. The van der Waals surface area contributed by atoms with Crippen molar-refractivity contribution >= 4 is 12.0 Å². The van der Waals surface area contributed by atoms with E-state index in [1.807, 2.05) is 0 Å². The zero-order chi connectivity index (χ0) is 11.3. The van der Waals surface area contributed by atoms with Gasteiger partial charge in [0.1, 0.15) is 0 Å². The Bertz CT molecular complexity index is 245. The van der Waals surface area contributed by atoms with Gasteiger partial charge in [-0.15, -0.1) is 0 Å². The predicted molar refractivity (Wildman–Crippen MR) is 54.4 cm³/mol. The largest absolute Gasteiger partial charge is 0.481 e. The van der Waals surface area contributed by atoms with Crippen LogP contribution in [-0.4, -0.2) is 48.2 Å². The van der Waals surface area contributed by atoms with Crippen LogP contribution in [0.2, 0.25) is 0 Å². The van der Waals surface area contributed by atoms with Crippen molar-refractivity contribution in [3.8, 4) is 0 Å². The van der Waals surface area contributed by atoms with Crippen molar-refractivity contribution in [2.45, 2.75) is 12.8 Å². The second-order valence-electron chi connectivity index (χ2n) is 3.72. The van der Waals surface area contributed by atoms with Crippen LogP contribution >= 0.6 is 0 Å². The quantitative estimate of drug-likeness (QED) is 0.586. The van der Waals surface area contributed by atoms with Gasteiger partial charge in [0.25, 0.3) is 0 Å². The van der Waals surface area contributed by atoms with Gasteiger partial charge in [0, 0.05) is 32.6 Å². The van der Waals surface area contributed by atoms with Crippen molar-refractivity contribution in [1.82, 2.24) is 10.2 Å². The molecule has 0 bridgehead atoms. The summed E-state index contributed by atoms with van der Waals surface area (Å²) in [5, 5.41) is 11.3. The number of hydrogen-bond acceptors (Lipinski definition) is 3. The topological polar surface area (TPSA) is 95.7 Å². The Labute approximate surface area is 88.4 Å². The van der Waals surface area contributed by atoms with Gasteiger partial charge < -0.3 is 21.1 Å². The summed E-state index contributed by atoms with van der Waals surface area (Å²) >= 11 is 0. The maximum absolute atomic E-state index is 11.4. The SMILES string of the molecule is NCCNC(=O)N1CCC(CC(=O)O)C1. The number of nitrogens with two attached hydrogens (primary N) is 1. The van der Waals surface area contributed by atoms with Crippen LogP contribution in [0.15, 0.2) is 0 Å².